The van der Waals surface area contributed by atoms with Crippen LogP contribution in [0.25, 0.3) is 0 Å². The summed E-state index contributed by atoms with van der Waals surface area (Å²) in [6, 6.07) is 4.90. The molecule has 0 amide bonds. The monoisotopic (exact) mass is 261 g/mol. The van der Waals surface area contributed by atoms with Crippen molar-refractivity contribution >= 4 is 5.69 Å². The number of rotatable bonds is 5. The van der Waals surface area contributed by atoms with E-state index in [9.17, 15) is 0 Å². The summed E-state index contributed by atoms with van der Waals surface area (Å²) < 4.78 is 0. The van der Waals surface area contributed by atoms with Crippen LogP contribution in [0.1, 0.15) is 44.7 Å². The van der Waals surface area contributed by atoms with Gasteiger partial charge in [-0.05, 0) is 50.8 Å². The van der Waals surface area contributed by atoms with Crippen LogP contribution in [-0.2, 0) is 6.54 Å². The minimum absolute atomic E-state index is 0.739. The molecule has 3 nitrogen and oxygen atoms in total. The average molecular weight is 261 g/mol. The van der Waals surface area contributed by atoms with Crippen molar-refractivity contribution in [3.05, 3.63) is 24.0 Å². The lowest BCUT2D eigenvalue weighted by atomic mass is 9.84. The van der Waals surface area contributed by atoms with Gasteiger partial charge >= 0.3 is 0 Å². The summed E-state index contributed by atoms with van der Waals surface area (Å²) in [7, 11) is 4.19. The lowest BCUT2D eigenvalue weighted by Gasteiger charge is -2.34. The maximum Gasteiger partial charge on any atom is 0.0564 e. The summed E-state index contributed by atoms with van der Waals surface area (Å²) in [6.45, 7) is 3.28. The Morgan fingerprint density at radius 2 is 2.05 bits per heavy atom. The minimum atomic E-state index is 0.739. The van der Waals surface area contributed by atoms with Gasteiger partial charge in [-0.25, -0.2) is 0 Å². The Bertz CT molecular complexity index is 383. The quantitative estimate of drug-likeness (QED) is 0.879. The normalized spacial score (nSPS) is 23.6. The van der Waals surface area contributed by atoms with Crippen LogP contribution in [0.3, 0.4) is 0 Å². The molecule has 106 valence electrons. The van der Waals surface area contributed by atoms with Gasteiger partial charge in [0.1, 0.15) is 0 Å². The van der Waals surface area contributed by atoms with Crippen LogP contribution in [0.2, 0.25) is 0 Å². The van der Waals surface area contributed by atoms with Crippen molar-refractivity contribution in [1.82, 2.24) is 9.88 Å². The largest absolute Gasteiger partial charge is 0.388 e. The Hall–Kier alpha value is -1.09. The zero-order valence-corrected chi connectivity index (χ0v) is 12.5. The van der Waals surface area contributed by atoms with Crippen molar-refractivity contribution in [3.63, 3.8) is 0 Å². The van der Waals surface area contributed by atoms with Crippen LogP contribution in [0, 0.1) is 5.92 Å². The maximum absolute atomic E-state index is 4.47. The standard InChI is InChI=1S/C16H27N3/c1-4-13-5-7-16(8-6-13)19(3)12-15-11-14(17-2)9-10-18-15/h9-11,13,16H,4-8,12H2,1-3H3,(H,17,18). The summed E-state index contributed by atoms with van der Waals surface area (Å²) in [5.41, 5.74) is 2.31. The van der Waals surface area contributed by atoms with Gasteiger partial charge in [-0.3, -0.25) is 9.88 Å². The van der Waals surface area contributed by atoms with Crippen LogP contribution in [0.5, 0.6) is 0 Å². The summed E-state index contributed by atoms with van der Waals surface area (Å²) in [6.07, 6.45) is 8.73. The van der Waals surface area contributed by atoms with Gasteiger partial charge in [0, 0.05) is 31.5 Å². The van der Waals surface area contributed by atoms with Crippen LogP contribution in [0.4, 0.5) is 5.69 Å². The Morgan fingerprint density at radius 1 is 1.32 bits per heavy atom. The fraction of sp³-hybridized carbons (Fsp3) is 0.688. The topological polar surface area (TPSA) is 28.2 Å². The van der Waals surface area contributed by atoms with Crippen molar-refractivity contribution in [1.29, 1.82) is 0 Å². The van der Waals surface area contributed by atoms with E-state index in [0.29, 0.717) is 0 Å². The van der Waals surface area contributed by atoms with Gasteiger partial charge in [-0.1, -0.05) is 13.3 Å². The molecule has 0 saturated heterocycles. The van der Waals surface area contributed by atoms with Gasteiger partial charge in [-0.2, -0.15) is 0 Å². The number of hydrogen-bond donors (Lipinski definition) is 1. The second-order valence-electron chi connectivity index (χ2n) is 5.78. The molecule has 1 saturated carbocycles. The van der Waals surface area contributed by atoms with Crippen LogP contribution < -0.4 is 5.32 Å². The van der Waals surface area contributed by atoms with E-state index in [4.69, 9.17) is 0 Å². The van der Waals surface area contributed by atoms with Gasteiger partial charge in [0.25, 0.3) is 0 Å². The molecule has 1 aliphatic carbocycles. The molecule has 1 fully saturated rings. The molecule has 0 aromatic carbocycles. The van der Waals surface area contributed by atoms with Gasteiger partial charge in [0.05, 0.1) is 5.69 Å². The first-order valence-electron chi connectivity index (χ1n) is 7.55. The molecule has 0 spiro atoms. The van der Waals surface area contributed by atoms with Crippen LogP contribution in [-0.4, -0.2) is 30.0 Å². The van der Waals surface area contributed by atoms with Crippen molar-refractivity contribution < 1.29 is 0 Å². The van der Waals surface area contributed by atoms with E-state index in [-0.39, 0.29) is 0 Å². The molecule has 0 unspecified atom stereocenters. The lowest BCUT2D eigenvalue weighted by Crippen LogP contribution is -2.34. The van der Waals surface area contributed by atoms with Crippen molar-refractivity contribution in [2.45, 2.75) is 51.6 Å². The zero-order valence-electron chi connectivity index (χ0n) is 12.5. The molecule has 1 heterocycles. The molecule has 0 bridgehead atoms. The second-order valence-corrected chi connectivity index (χ2v) is 5.78. The summed E-state index contributed by atoms with van der Waals surface area (Å²) in [5, 5.41) is 3.18. The highest BCUT2D eigenvalue weighted by molar-refractivity contribution is 5.42. The van der Waals surface area contributed by atoms with Crippen molar-refractivity contribution in [2.24, 2.45) is 5.92 Å². The van der Waals surface area contributed by atoms with Gasteiger partial charge in [0.15, 0.2) is 0 Å². The van der Waals surface area contributed by atoms with Gasteiger partial charge in [-0.15, -0.1) is 0 Å². The van der Waals surface area contributed by atoms with E-state index in [1.807, 2.05) is 19.3 Å². The van der Waals surface area contributed by atoms with Crippen molar-refractivity contribution in [3.8, 4) is 0 Å². The van der Waals surface area contributed by atoms with Gasteiger partial charge in [0.2, 0.25) is 0 Å². The zero-order chi connectivity index (χ0) is 13.7. The highest BCUT2D eigenvalue weighted by atomic mass is 15.1. The van der Waals surface area contributed by atoms with E-state index >= 15 is 0 Å². The molecule has 1 aromatic rings. The van der Waals surface area contributed by atoms with E-state index in [1.165, 1.54) is 32.1 Å². The molecule has 0 aliphatic heterocycles. The number of anilines is 1. The maximum atomic E-state index is 4.47. The summed E-state index contributed by atoms with van der Waals surface area (Å²) in [5.74, 6) is 0.968. The summed E-state index contributed by atoms with van der Waals surface area (Å²) >= 11 is 0. The Labute approximate surface area is 117 Å². The third kappa shape index (κ3) is 3.93. The number of nitrogens with one attached hydrogen (secondary N) is 1. The van der Waals surface area contributed by atoms with E-state index in [2.05, 4.69) is 35.2 Å². The Balaban J connectivity index is 1.88. The van der Waals surface area contributed by atoms with Crippen LogP contribution >= 0.6 is 0 Å². The van der Waals surface area contributed by atoms with Crippen molar-refractivity contribution in [2.75, 3.05) is 19.4 Å². The number of nitrogens with zero attached hydrogens (tertiary/aromatic N) is 2. The van der Waals surface area contributed by atoms with Crippen LogP contribution in [0.15, 0.2) is 18.3 Å². The second kappa shape index (κ2) is 6.90. The fourth-order valence-corrected chi connectivity index (χ4v) is 3.10. The predicted octanol–water partition coefficient (Wildman–Crippen LogP) is 3.52. The molecule has 1 N–H and O–H groups in total. The minimum Gasteiger partial charge on any atom is -0.388 e. The first-order chi connectivity index (χ1) is 9.22. The number of hydrogen-bond acceptors (Lipinski definition) is 3. The fourth-order valence-electron chi connectivity index (χ4n) is 3.10. The number of aromatic nitrogens is 1. The van der Waals surface area contributed by atoms with E-state index < -0.39 is 0 Å². The number of pyridine rings is 1. The highest BCUT2D eigenvalue weighted by Gasteiger charge is 2.23. The van der Waals surface area contributed by atoms with E-state index in [0.717, 1.165) is 29.9 Å². The Kier molecular flexibility index (Phi) is 5.20. The molecule has 2 rings (SSSR count). The molecule has 0 atom stereocenters. The highest BCUT2D eigenvalue weighted by Crippen LogP contribution is 2.29. The molecule has 19 heavy (non-hydrogen) atoms. The molecule has 3 heteroatoms. The third-order valence-electron chi connectivity index (χ3n) is 4.53. The molecule has 1 aromatic heterocycles. The molecular formula is C16H27N3. The first-order valence-corrected chi connectivity index (χ1v) is 7.55. The summed E-state index contributed by atoms with van der Waals surface area (Å²) in [4.78, 5) is 6.95. The molecular weight excluding hydrogens is 234 g/mol. The Morgan fingerprint density at radius 3 is 2.68 bits per heavy atom. The SMILES string of the molecule is CCC1CCC(N(C)Cc2cc(NC)ccn2)CC1. The molecule has 1 aliphatic rings. The predicted molar refractivity (Wildman–Crippen MR) is 81.3 cm³/mol. The smallest absolute Gasteiger partial charge is 0.0564 e. The third-order valence-corrected chi connectivity index (χ3v) is 4.53. The lowest BCUT2D eigenvalue weighted by molar-refractivity contribution is 0.156. The first kappa shape index (κ1) is 14.3. The van der Waals surface area contributed by atoms with E-state index in [1.54, 1.807) is 0 Å². The average Bonchev–Trinajstić information content (AvgIpc) is 2.47. The molecule has 0 radical (unpaired) electrons. The van der Waals surface area contributed by atoms with Gasteiger partial charge < -0.3 is 5.32 Å².